The van der Waals surface area contributed by atoms with Gasteiger partial charge in [-0.25, -0.2) is 8.42 Å². The Labute approximate surface area is 174 Å². The maximum atomic E-state index is 13.2. The molecule has 7 nitrogen and oxygen atoms in total. The number of hydrogen-bond donors (Lipinski definition) is 0. The first-order chi connectivity index (χ1) is 13.8. The summed E-state index contributed by atoms with van der Waals surface area (Å²) in [7, 11) is -3.53. The van der Waals surface area contributed by atoms with Crippen LogP contribution in [-0.4, -0.2) is 66.7 Å². The number of nitrogens with zero attached hydrogens (tertiary/aromatic N) is 3. The predicted molar refractivity (Wildman–Crippen MR) is 114 cm³/mol. The van der Waals surface area contributed by atoms with Gasteiger partial charge in [-0.05, 0) is 64.8 Å². The molecule has 8 heteroatoms. The van der Waals surface area contributed by atoms with E-state index in [0.717, 1.165) is 38.9 Å². The second-order valence-electron chi connectivity index (χ2n) is 8.61. The second-order valence-corrected chi connectivity index (χ2v) is 10.6. The van der Waals surface area contributed by atoms with Crippen molar-refractivity contribution in [1.82, 2.24) is 9.80 Å². The lowest BCUT2D eigenvalue weighted by Crippen LogP contribution is -2.54. The highest BCUT2D eigenvalue weighted by molar-refractivity contribution is 7.91. The van der Waals surface area contributed by atoms with Crippen LogP contribution in [0.25, 0.3) is 0 Å². The van der Waals surface area contributed by atoms with E-state index < -0.39 is 14.8 Å². The third-order valence-electron chi connectivity index (χ3n) is 6.53. The molecule has 0 aliphatic carbocycles. The van der Waals surface area contributed by atoms with Crippen molar-refractivity contribution in [3.05, 3.63) is 34.4 Å². The summed E-state index contributed by atoms with van der Waals surface area (Å²) < 4.78 is 26.4. The van der Waals surface area contributed by atoms with E-state index in [1.165, 1.54) is 43.5 Å². The van der Waals surface area contributed by atoms with Crippen LogP contribution in [-0.2, 0) is 9.84 Å². The highest BCUT2D eigenvalue weighted by Gasteiger charge is 2.33. The quantitative estimate of drug-likeness (QED) is 0.493. The van der Waals surface area contributed by atoms with Gasteiger partial charge in [0.2, 0.25) is 0 Å². The Kier molecular flexibility index (Phi) is 7.29. The molecule has 2 fully saturated rings. The summed E-state index contributed by atoms with van der Waals surface area (Å²) in [5.41, 5.74) is -0.0905. The van der Waals surface area contributed by atoms with E-state index in [1.807, 2.05) is 0 Å². The van der Waals surface area contributed by atoms with E-state index in [0.29, 0.717) is 12.1 Å². The van der Waals surface area contributed by atoms with E-state index in [9.17, 15) is 18.5 Å². The molecule has 0 radical (unpaired) electrons. The maximum Gasteiger partial charge on any atom is 0.269 e. The van der Waals surface area contributed by atoms with Crippen LogP contribution in [0.4, 0.5) is 5.69 Å². The standard InChI is InChI=1S/C21H33N3O4S/c1-17-7-3-5-13-22(17)15-20(23-14-6-4-8-18(23)2)16-29(27,28)21-11-9-19(10-12-21)24(25)26/h9-12,17-18,20H,3-8,13-16H2,1-2H3. The first-order valence-electron chi connectivity index (χ1n) is 10.7. The Morgan fingerprint density at radius 1 is 1.03 bits per heavy atom. The summed E-state index contributed by atoms with van der Waals surface area (Å²) in [6, 6.07) is 6.08. The number of hydrogen-bond acceptors (Lipinski definition) is 6. The van der Waals surface area contributed by atoms with Crippen molar-refractivity contribution in [1.29, 1.82) is 0 Å². The maximum absolute atomic E-state index is 13.2. The molecule has 0 saturated carbocycles. The van der Waals surface area contributed by atoms with Crippen molar-refractivity contribution in [2.24, 2.45) is 0 Å². The van der Waals surface area contributed by atoms with Gasteiger partial charge in [-0.2, -0.15) is 0 Å². The molecule has 3 unspecified atom stereocenters. The lowest BCUT2D eigenvalue weighted by atomic mass is 9.99. The summed E-state index contributed by atoms with van der Waals surface area (Å²) in [6.07, 6.45) is 6.97. The van der Waals surface area contributed by atoms with E-state index >= 15 is 0 Å². The van der Waals surface area contributed by atoms with Crippen molar-refractivity contribution in [2.75, 3.05) is 25.4 Å². The lowest BCUT2D eigenvalue weighted by Gasteiger charge is -2.43. The minimum Gasteiger partial charge on any atom is -0.299 e. The molecular weight excluding hydrogens is 390 g/mol. The Morgan fingerprint density at radius 3 is 2.24 bits per heavy atom. The van der Waals surface area contributed by atoms with Crippen molar-refractivity contribution in [2.45, 2.75) is 75.4 Å². The summed E-state index contributed by atoms with van der Waals surface area (Å²) in [4.78, 5) is 15.4. The number of piperidine rings is 2. The van der Waals surface area contributed by atoms with Gasteiger partial charge in [-0.1, -0.05) is 12.8 Å². The van der Waals surface area contributed by atoms with Crippen molar-refractivity contribution in [3.63, 3.8) is 0 Å². The normalized spacial score (nSPS) is 25.6. The summed E-state index contributed by atoms with van der Waals surface area (Å²) in [5.74, 6) is 0.0539. The van der Waals surface area contributed by atoms with Crippen LogP contribution in [0.15, 0.2) is 29.2 Å². The Bertz CT molecular complexity index is 797. The molecule has 2 saturated heterocycles. The van der Waals surface area contributed by atoms with Gasteiger partial charge < -0.3 is 0 Å². The molecular formula is C21H33N3O4S. The predicted octanol–water partition coefficient (Wildman–Crippen LogP) is 3.49. The van der Waals surface area contributed by atoms with Gasteiger partial charge in [0.25, 0.3) is 5.69 Å². The summed E-state index contributed by atoms with van der Waals surface area (Å²) >= 11 is 0. The first-order valence-corrected chi connectivity index (χ1v) is 12.4. The van der Waals surface area contributed by atoms with Gasteiger partial charge in [0.1, 0.15) is 0 Å². The molecule has 0 bridgehead atoms. The van der Waals surface area contributed by atoms with Gasteiger partial charge in [-0.3, -0.25) is 19.9 Å². The van der Waals surface area contributed by atoms with Gasteiger partial charge in [0, 0.05) is 36.8 Å². The number of non-ortho nitro benzene ring substituents is 1. The van der Waals surface area contributed by atoms with E-state index in [-0.39, 0.29) is 22.4 Å². The summed E-state index contributed by atoms with van der Waals surface area (Å²) in [6.45, 7) is 7.16. The molecule has 0 spiro atoms. The minimum atomic E-state index is -3.53. The number of benzene rings is 1. The molecule has 29 heavy (non-hydrogen) atoms. The molecule has 0 amide bonds. The number of nitro benzene ring substituents is 1. The second kappa shape index (κ2) is 9.53. The molecule has 2 heterocycles. The number of sulfone groups is 1. The van der Waals surface area contributed by atoms with Gasteiger partial charge in [0.05, 0.1) is 15.6 Å². The molecule has 2 aliphatic heterocycles. The Balaban J connectivity index is 1.81. The first kappa shape index (κ1) is 22.2. The van der Waals surface area contributed by atoms with Crippen LogP contribution in [0, 0.1) is 10.1 Å². The zero-order chi connectivity index (χ0) is 21.0. The molecule has 3 atom stereocenters. The van der Waals surface area contributed by atoms with Crippen LogP contribution in [0.2, 0.25) is 0 Å². The number of likely N-dealkylation sites (tertiary alicyclic amines) is 2. The average Bonchev–Trinajstić information content (AvgIpc) is 2.69. The van der Waals surface area contributed by atoms with Crippen LogP contribution in [0.1, 0.15) is 52.4 Å². The van der Waals surface area contributed by atoms with Crippen LogP contribution in [0.5, 0.6) is 0 Å². The van der Waals surface area contributed by atoms with Crippen molar-refractivity contribution >= 4 is 15.5 Å². The SMILES string of the molecule is CC1CCCCN1CC(CS(=O)(=O)c1ccc([N+](=O)[O-])cc1)N1CCCCC1C. The average molecular weight is 424 g/mol. The minimum absolute atomic E-state index is 0.0539. The monoisotopic (exact) mass is 423 g/mol. The zero-order valence-electron chi connectivity index (χ0n) is 17.5. The smallest absolute Gasteiger partial charge is 0.269 e. The third kappa shape index (κ3) is 5.55. The van der Waals surface area contributed by atoms with Crippen molar-refractivity contribution < 1.29 is 13.3 Å². The van der Waals surface area contributed by atoms with E-state index in [2.05, 4.69) is 23.6 Å². The van der Waals surface area contributed by atoms with Gasteiger partial charge >= 0.3 is 0 Å². The molecule has 2 aliphatic rings. The lowest BCUT2D eigenvalue weighted by molar-refractivity contribution is -0.384. The molecule has 1 aromatic rings. The topological polar surface area (TPSA) is 83.8 Å². The van der Waals surface area contributed by atoms with Crippen LogP contribution < -0.4 is 0 Å². The number of nitro groups is 1. The Hall–Kier alpha value is -1.51. The van der Waals surface area contributed by atoms with Crippen LogP contribution in [0.3, 0.4) is 0 Å². The third-order valence-corrected chi connectivity index (χ3v) is 8.34. The molecule has 162 valence electrons. The molecule has 3 rings (SSSR count). The molecule has 1 aromatic carbocycles. The highest BCUT2D eigenvalue weighted by atomic mass is 32.2. The van der Waals surface area contributed by atoms with E-state index in [4.69, 9.17) is 0 Å². The Morgan fingerprint density at radius 2 is 1.66 bits per heavy atom. The van der Waals surface area contributed by atoms with E-state index in [1.54, 1.807) is 0 Å². The summed E-state index contributed by atoms with van der Waals surface area (Å²) in [5, 5.41) is 10.9. The fourth-order valence-corrected chi connectivity index (χ4v) is 6.29. The fourth-order valence-electron chi connectivity index (χ4n) is 4.74. The fraction of sp³-hybridized carbons (Fsp3) is 0.714. The molecule has 0 N–H and O–H groups in total. The zero-order valence-corrected chi connectivity index (χ0v) is 18.3. The largest absolute Gasteiger partial charge is 0.299 e. The highest BCUT2D eigenvalue weighted by Crippen LogP contribution is 2.25. The number of rotatable bonds is 7. The van der Waals surface area contributed by atoms with Gasteiger partial charge in [0.15, 0.2) is 9.84 Å². The van der Waals surface area contributed by atoms with Gasteiger partial charge in [-0.15, -0.1) is 0 Å². The van der Waals surface area contributed by atoms with Crippen LogP contribution >= 0.6 is 0 Å². The molecule has 0 aromatic heterocycles. The van der Waals surface area contributed by atoms with Crippen molar-refractivity contribution in [3.8, 4) is 0 Å².